The summed E-state index contributed by atoms with van der Waals surface area (Å²) in [6, 6.07) is 8.76. The molecule has 2 aromatic rings. The maximum Gasteiger partial charge on any atom is 0.387 e. The van der Waals surface area contributed by atoms with E-state index in [0.717, 1.165) is 12.1 Å². The molecule has 0 spiro atoms. The smallest absolute Gasteiger partial charge is 0.387 e. The fraction of sp³-hybridized carbons (Fsp3) is 0.200. The predicted molar refractivity (Wildman–Crippen MR) is 71.5 cm³/mol. The number of alkyl halides is 2. The van der Waals surface area contributed by atoms with Gasteiger partial charge in [-0.15, -0.1) is 0 Å². The molecule has 0 aliphatic rings. The molecular formula is C15H13F4NO. The van der Waals surface area contributed by atoms with E-state index in [4.69, 9.17) is 0 Å². The van der Waals surface area contributed by atoms with E-state index < -0.39 is 24.3 Å². The maximum absolute atomic E-state index is 13.7. The molecule has 112 valence electrons. The Morgan fingerprint density at radius 2 is 1.76 bits per heavy atom. The van der Waals surface area contributed by atoms with Gasteiger partial charge in [0, 0.05) is 11.6 Å². The standard InChI is InChI=1S/C15H13F4NO/c1-9(11-7-6-10(16)8-12(11)17)20-13-4-2-3-5-14(13)21-15(18)19/h2-9,15,20H,1H3. The first kappa shape index (κ1) is 15.2. The van der Waals surface area contributed by atoms with E-state index in [2.05, 4.69) is 10.1 Å². The Bertz CT molecular complexity index is 618. The summed E-state index contributed by atoms with van der Waals surface area (Å²) in [4.78, 5) is 0. The zero-order chi connectivity index (χ0) is 15.4. The monoisotopic (exact) mass is 299 g/mol. The molecule has 0 radical (unpaired) electrons. The Balaban J connectivity index is 2.21. The van der Waals surface area contributed by atoms with Gasteiger partial charge in [0.2, 0.25) is 0 Å². The maximum atomic E-state index is 13.7. The lowest BCUT2D eigenvalue weighted by atomic mass is 10.1. The van der Waals surface area contributed by atoms with Crippen LogP contribution in [0, 0.1) is 11.6 Å². The Morgan fingerprint density at radius 3 is 2.43 bits per heavy atom. The van der Waals surface area contributed by atoms with Crippen molar-refractivity contribution < 1.29 is 22.3 Å². The van der Waals surface area contributed by atoms with Crippen LogP contribution >= 0.6 is 0 Å². The van der Waals surface area contributed by atoms with Crippen LogP contribution < -0.4 is 10.1 Å². The summed E-state index contributed by atoms with van der Waals surface area (Å²) in [5, 5.41) is 2.87. The van der Waals surface area contributed by atoms with Crippen molar-refractivity contribution in [1.82, 2.24) is 0 Å². The van der Waals surface area contributed by atoms with Crippen LogP contribution in [0.1, 0.15) is 18.5 Å². The van der Waals surface area contributed by atoms with Gasteiger partial charge < -0.3 is 10.1 Å². The van der Waals surface area contributed by atoms with Crippen LogP contribution in [0.5, 0.6) is 5.75 Å². The number of nitrogens with one attached hydrogen (secondary N) is 1. The van der Waals surface area contributed by atoms with E-state index in [1.165, 1.54) is 18.2 Å². The first-order valence-corrected chi connectivity index (χ1v) is 6.22. The lowest BCUT2D eigenvalue weighted by molar-refractivity contribution is -0.0493. The van der Waals surface area contributed by atoms with Gasteiger partial charge >= 0.3 is 6.61 Å². The van der Waals surface area contributed by atoms with Crippen LogP contribution in [0.4, 0.5) is 23.2 Å². The topological polar surface area (TPSA) is 21.3 Å². The molecule has 0 aliphatic heterocycles. The number of para-hydroxylation sites is 2. The normalized spacial score (nSPS) is 12.3. The fourth-order valence-electron chi connectivity index (χ4n) is 1.95. The van der Waals surface area contributed by atoms with Crippen LogP contribution in [0.15, 0.2) is 42.5 Å². The van der Waals surface area contributed by atoms with Gasteiger partial charge in [0.25, 0.3) is 0 Å². The van der Waals surface area contributed by atoms with Crippen LogP contribution in [0.25, 0.3) is 0 Å². The van der Waals surface area contributed by atoms with Crippen LogP contribution in [0.3, 0.4) is 0 Å². The second kappa shape index (κ2) is 6.47. The van der Waals surface area contributed by atoms with Gasteiger partial charge in [0.1, 0.15) is 17.4 Å². The minimum Gasteiger partial charge on any atom is -0.433 e. The van der Waals surface area contributed by atoms with Crippen molar-refractivity contribution in [2.24, 2.45) is 0 Å². The summed E-state index contributed by atoms with van der Waals surface area (Å²) in [5.41, 5.74) is 0.525. The highest BCUT2D eigenvalue weighted by atomic mass is 19.3. The molecule has 0 heterocycles. The molecule has 0 amide bonds. The fourth-order valence-corrected chi connectivity index (χ4v) is 1.95. The molecule has 0 fully saturated rings. The van der Waals surface area contributed by atoms with Gasteiger partial charge in [-0.1, -0.05) is 18.2 Å². The minimum absolute atomic E-state index is 0.0399. The molecule has 6 heteroatoms. The zero-order valence-electron chi connectivity index (χ0n) is 11.1. The molecule has 0 saturated heterocycles. The van der Waals surface area contributed by atoms with Crippen molar-refractivity contribution in [1.29, 1.82) is 0 Å². The molecule has 2 rings (SSSR count). The third-order valence-corrected chi connectivity index (χ3v) is 2.90. The number of rotatable bonds is 5. The van der Waals surface area contributed by atoms with Gasteiger partial charge in [0.05, 0.1) is 11.7 Å². The van der Waals surface area contributed by atoms with Gasteiger partial charge in [-0.2, -0.15) is 8.78 Å². The number of halogens is 4. The average Bonchev–Trinajstić information content (AvgIpc) is 2.40. The lowest BCUT2D eigenvalue weighted by Gasteiger charge is -2.19. The second-order valence-electron chi connectivity index (χ2n) is 4.41. The highest BCUT2D eigenvalue weighted by molar-refractivity contribution is 5.57. The molecule has 0 saturated carbocycles. The van der Waals surface area contributed by atoms with Crippen molar-refractivity contribution in [2.75, 3.05) is 5.32 Å². The van der Waals surface area contributed by atoms with E-state index in [-0.39, 0.29) is 11.3 Å². The van der Waals surface area contributed by atoms with Gasteiger partial charge in [0.15, 0.2) is 0 Å². The SMILES string of the molecule is CC(Nc1ccccc1OC(F)F)c1ccc(F)cc1F. The van der Waals surface area contributed by atoms with E-state index >= 15 is 0 Å². The number of hydrogen-bond donors (Lipinski definition) is 1. The van der Waals surface area contributed by atoms with Crippen molar-refractivity contribution in [3.63, 3.8) is 0 Å². The number of hydrogen-bond acceptors (Lipinski definition) is 2. The molecular weight excluding hydrogens is 286 g/mol. The van der Waals surface area contributed by atoms with Gasteiger partial charge in [-0.05, 0) is 25.1 Å². The Morgan fingerprint density at radius 1 is 1.05 bits per heavy atom. The molecule has 2 aromatic carbocycles. The van der Waals surface area contributed by atoms with E-state index in [1.54, 1.807) is 19.1 Å². The summed E-state index contributed by atoms with van der Waals surface area (Å²) >= 11 is 0. The molecule has 0 aromatic heterocycles. The average molecular weight is 299 g/mol. The zero-order valence-corrected chi connectivity index (χ0v) is 11.1. The summed E-state index contributed by atoms with van der Waals surface area (Å²) < 4.78 is 55.6. The minimum atomic E-state index is -2.95. The third kappa shape index (κ3) is 3.87. The third-order valence-electron chi connectivity index (χ3n) is 2.90. The number of anilines is 1. The highest BCUT2D eigenvalue weighted by Gasteiger charge is 2.15. The summed E-state index contributed by atoms with van der Waals surface area (Å²) in [5.74, 6) is -1.42. The first-order chi connectivity index (χ1) is 9.97. The van der Waals surface area contributed by atoms with Crippen molar-refractivity contribution in [3.05, 3.63) is 59.7 Å². The van der Waals surface area contributed by atoms with Crippen molar-refractivity contribution in [3.8, 4) is 5.75 Å². The summed E-state index contributed by atoms with van der Waals surface area (Å²) in [7, 11) is 0. The van der Waals surface area contributed by atoms with E-state index in [9.17, 15) is 17.6 Å². The Kier molecular flexibility index (Phi) is 4.67. The molecule has 21 heavy (non-hydrogen) atoms. The van der Waals surface area contributed by atoms with Crippen LogP contribution in [0.2, 0.25) is 0 Å². The molecule has 1 atom stereocenters. The van der Waals surface area contributed by atoms with Crippen LogP contribution in [-0.4, -0.2) is 6.61 Å². The van der Waals surface area contributed by atoms with Crippen LogP contribution in [-0.2, 0) is 0 Å². The first-order valence-electron chi connectivity index (χ1n) is 6.22. The van der Waals surface area contributed by atoms with E-state index in [0.29, 0.717) is 5.69 Å². The number of ether oxygens (including phenoxy) is 1. The molecule has 1 N–H and O–H groups in total. The molecule has 0 aliphatic carbocycles. The molecule has 1 unspecified atom stereocenters. The van der Waals surface area contributed by atoms with E-state index in [1.807, 2.05) is 0 Å². The Labute approximate surface area is 119 Å². The van der Waals surface area contributed by atoms with Gasteiger partial charge in [-0.25, -0.2) is 8.78 Å². The van der Waals surface area contributed by atoms with Crippen molar-refractivity contribution in [2.45, 2.75) is 19.6 Å². The Hall–Kier alpha value is -2.24. The predicted octanol–water partition coefficient (Wildman–Crippen LogP) is 4.74. The van der Waals surface area contributed by atoms with Gasteiger partial charge in [-0.3, -0.25) is 0 Å². The highest BCUT2D eigenvalue weighted by Crippen LogP contribution is 2.30. The summed E-state index contributed by atoms with van der Waals surface area (Å²) in [6.45, 7) is -1.32. The number of benzene rings is 2. The second-order valence-corrected chi connectivity index (χ2v) is 4.41. The molecule has 2 nitrogen and oxygen atoms in total. The molecule has 0 bridgehead atoms. The lowest BCUT2D eigenvalue weighted by Crippen LogP contribution is -2.11. The van der Waals surface area contributed by atoms with Crippen molar-refractivity contribution >= 4 is 5.69 Å². The summed E-state index contributed by atoms with van der Waals surface area (Å²) in [6.07, 6.45) is 0. The quantitative estimate of drug-likeness (QED) is 0.805. The largest absolute Gasteiger partial charge is 0.433 e.